The van der Waals surface area contributed by atoms with Crippen molar-refractivity contribution in [1.29, 1.82) is 0 Å². The van der Waals surface area contributed by atoms with E-state index in [2.05, 4.69) is 67.7 Å². The summed E-state index contributed by atoms with van der Waals surface area (Å²) < 4.78 is 7.72. The highest BCUT2D eigenvalue weighted by molar-refractivity contribution is 14.0. The quantitative estimate of drug-likeness (QED) is 0.183. The van der Waals surface area contributed by atoms with Crippen LogP contribution in [0.2, 0.25) is 0 Å². The van der Waals surface area contributed by atoms with E-state index in [0.29, 0.717) is 0 Å². The molecule has 7 heteroatoms. The number of aromatic nitrogens is 2. The van der Waals surface area contributed by atoms with E-state index in [1.54, 1.807) is 0 Å². The molecule has 1 heterocycles. The van der Waals surface area contributed by atoms with E-state index in [4.69, 9.17) is 9.73 Å². The topological polar surface area (TPSA) is 63.5 Å². The fourth-order valence-electron chi connectivity index (χ4n) is 3.47. The van der Waals surface area contributed by atoms with Crippen molar-refractivity contribution in [3.63, 3.8) is 0 Å². The normalized spacial score (nSPS) is 12.4. The fourth-order valence-corrected chi connectivity index (χ4v) is 3.47. The molecule has 2 rings (SSSR count). The van der Waals surface area contributed by atoms with Gasteiger partial charge in [-0.1, -0.05) is 30.3 Å². The highest BCUT2D eigenvalue weighted by atomic mass is 127. The number of unbranched alkanes of at least 4 members (excludes halogenated alkanes) is 1. The predicted octanol–water partition coefficient (Wildman–Crippen LogP) is 4.18. The lowest BCUT2D eigenvalue weighted by molar-refractivity contribution is 0.134. The molecule has 174 valence electrons. The molecule has 1 aromatic carbocycles. The average Bonchev–Trinajstić information content (AvgIpc) is 2.96. The Bertz CT molecular complexity index is 776. The summed E-state index contributed by atoms with van der Waals surface area (Å²) in [7, 11) is 2.00. The molecule has 2 N–H and O–H groups in total. The molecule has 31 heavy (non-hydrogen) atoms. The van der Waals surface area contributed by atoms with Crippen LogP contribution in [-0.4, -0.2) is 48.1 Å². The minimum absolute atomic E-state index is 0. The molecule has 0 aliphatic rings. The highest BCUT2D eigenvalue weighted by Crippen LogP contribution is 2.14. The Kier molecular flexibility index (Phi) is 13.5. The van der Waals surface area contributed by atoms with Crippen LogP contribution in [0.1, 0.15) is 49.2 Å². The third-order valence-corrected chi connectivity index (χ3v) is 5.24. The van der Waals surface area contributed by atoms with Crippen LogP contribution in [0.15, 0.2) is 35.3 Å². The second-order valence-corrected chi connectivity index (χ2v) is 7.84. The van der Waals surface area contributed by atoms with Gasteiger partial charge in [0.1, 0.15) is 0 Å². The Morgan fingerprint density at radius 2 is 1.90 bits per heavy atom. The van der Waals surface area contributed by atoms with Gasteiger partial charge < -0.3 is 15.4 Å². The summed E-state index contributed by atoms with van der Waals surface area (Å²) in [6, 6.07) is 10.8. The molecule has 0 saturated carbocycles. The average molecular weight is 542 g/mol. The number of nitrogens with one attached hydrogen (secondary N) is 2. The van der Waals surface area contributed by atoms with Crippen LogP contribution in [0, 0.1) is 13.8 Å². The van der Waals surface area contributed by atoms with Gasteiger partial charge in [-0.25, -0.2) is 0 Å². The van der Waals surface area contributed by atoms with Crippen LogP contribution >= 0.6 is 24.0 Å². The predicted molar refractivity (Wildman–Crippen MR) is 141 cm³/mol. The number of benzene rings is 1. The molecule has 0 radical (unpaired) electrons. The third kappa shape index (κ3) is 10.0. The molecule has 0 amide bonds. The number of ether oxygens (including phenoxy) is 1. The van der Waals surface area contributed by atoms with Gasteiger partial charge in [0.05, 0.1) is 12.3 Å². The molecule has 1 unspecified atom stereocenters. The molecular weight excluding hydrogens is 501 g/mol. The monoisotopic (exact) mass is 541 g/mol. The Hall–Kier alpha value is -1.61. The lowest BCUT2D eigenvalue weighted by Crippen LogP contribution is -2.43. The first-order valence-corrected chi connectivity index (χ1v) is 11.2. The smallest absolute Gasteiger partial charge is 0.191 e. The summed E-state index contributed by atoms with van der Waals surface area (Å²) in [6.45, 7) is 11.7. The van der Waals surface area contributed by atoms with E-state index in [1.165, 1.54) is 16.8 Å². The summed E-state index contributed by atoms with van der Waals surface area (Å²) in [4.78, 5) is 4.73. The largest absolute Gasteiger partial charge is 0.381 e. The number of guanidine groups is 1. The number of hydrogen-bond donors (Lipinski definition) is 2. The third-order valence-electron chi connectivity index (χ3n) is 5.24. The molecule has 2 aromatic rings. The first-order chi connectivity index (χ1) is 14.5. The maximum absolute atomic E-state index is 5.76. The zero-order valence-corrected chi connectivity index (χ0v) is 22.1. The van der Waals surface area contributed by atoms with Crippen molar-refractivity contribution in [2.24, 2.45) is 12.0 Å². The van der Waals surface area contributed by atoms with Crippen molar-refractivity contribution in [3.8, 4) is 0 Å². The Balaban J connectivity index is 0.00000480. The molecule has 1 atom stereocenters. The van der Waals surface area contributed by atoms with Crippen molar-refractivity contribution in [1.82, 2.24) is 20.4 Å². The molecule has 0 spiro atoms. The van der Waals surface area contributed by atoms with Crippen molar-refractivity contribution in [2.75, 3.05) is 26.3 Å². The van der Waals surface area contributed by atoms with E-state index in [0.717, 1.165) is 63.6 Å². The zero-order valence-electron chi connectivity index (χ0n) is 19.8. The van der Waals surface area contributed by atoms with Crippen molar-refractivity contribution < 1.29 is 4.74 Å². The summed E-state index contributed by atoms with van der Waals surface area (Å²) in [6.07, 6.45) is 3.96. The summed E-state index contributed by atoms with van der Waals surface area (Å²) in [5.74, 6) is 0.884. The fraction of sp³-hybridized carbons (Fsp3) is 0.583. The molecule has 0 bridgehead atoms. The maximum atomic E-state index is 5.76. The van der Waals surface area contributed by atoms with Crippen molar-refractivity contribution in [3.05, 3.63) is 52.8 Å². The summed E-state index contributed by atoms with van der Waals surface area (Å²) >= 11 is 0. The Labute approximate surface area is 205 Å². The van der Waals surface area contributed by atoms with Crippen LogP contribution in [0.4, 0.5) is 0 Å². The number of halogens is 1. The molecule has 1 aromatic heterocycles. The molecule has 6 nitrogen and oxygen atoms in total. The van der Waals surface area contributed by atoms with Gasteiger partial charge in [0, 0.05) is 38.5 Å². The maximum Gasteiger partial charge on any atom is 0.191 e. The minimum atomic E-state index is 0. The van der Waals surface area contributed by atoms with E-state index in [9.17, 15) is 0 Å². The van der Waals surface area contributed by atoms with Crippen molar-refractivity contribution >= 4 is 29.9 Å². The highest BCUT2D eigenvalue weighted by Gasteiger charge is 2.13. The van der Waals surface area contributed by atoms with Crippen LogP contribution in [-0.2, 0) is 24.6 Å². The number of aliphatic imine (C=N–C) groups is 1. The lowest BCUT2D eigenvalue weighted by Gasteiger charge is -2.18. The minimum Gasteiger partial charge on any atom is -0.381 e. The summed E-state index contributed by atoms with van der Waals surface area (Å²) in [5.41, 5.74) is 4.99. The van der Waals surface area contributed by atoms with E-state index < -0.39 is 0 Å². The molecule has 0 aliphatic carbocycles. The van der Waals surface area contributed by atoms with E-state index >= 15 is 0 Å². The van der Waals surface area contributed by atoms with Crippen LogP contribution in [0.5, 0.6) is 0 Å². The summed E-state index contributed by atoms with van der Waals surface area (Å²) in [5, 5.41) is 11.4. The van der Waals surface area contributed by atoms with Gasteiger partial charge in [-0.2, -0.15) is 5.10 Å². The first-order valence-electron chi connectivity index (χ1n) is 11.2. The van der Waals surface area contributed by atoms with Gasteiger partial charge in [-0.15, -0.1) is 24.0 Å². The lowest BCUT2D eigenvalue weighted by atomic mass is 10.1. The number of nitrogens with zero attached hydrogens (tertiary/aromatic N) is 3. The standard InChI is InChI=1S/C24H39N5O.HI/c1-6-25-24(27-19(2)18-23-20(3)28-29(5)21(23)4)26-15-10-11-16-30-17-14-22-12-8-7-9-13-22;/h7-9,12-13,19H,6,10-11,14-18H2,1-5H3,(H2,25,26,27);1H. The Morgan fingerprint density at radius 1 is 1.16 bits per heavy atom. The van der Waals surface area contributed by atoms with Crippen LogP contribution < -0.4 is 10.6 Å². The van der Waals surface area contributed by atoms with Gasteiger partial charge in [0.2, 0.25) is 0 Å². The Morgan fingerprint density at radius 3 is 2.55 bits per heavy atom. The van der Waals surface area contributed by atoms with Gasteiger partial charge in [0.15, 0.2) is 5.96 Å². The van der Waals surface area contributed by atoms with E-state index in [-0.39, 0.29) is 30.0 Å². The van der Waals surface area contributed by atoms with Gasteiger partial charge in [0.25, 0.3) is 0 Å². The zero-order chi connectivity index (χ0) is 21.8. The molecule has 0 saturated heterocycles. The van der Waals surface area contributed by atoms with Crippen LogP contribution in [0.25, 0.3) is 0 Å². The molecule has 0 fully saturated rings. The number of rotatable bonds is 12. The van der Waals surface area contributed by atoms with E-state index in [1.807, 2.05) is 17.8 Å². The van der Waals surface area contributed by atoms with Crippen LogP contribution in [0.3, 0.4) is 0 Å². The van der Waals surface area contributed by atoms with Crippen molar-refractivity contribution in [2.45, 2.75) is 59.4 Å². The second kappa shape index (κ2) is 15.2. The SMILES string of the molecule is CCNC(=NCCCCOCCc1ccccc1)NC(C)Cc1c(C)nn(C)c1C.I. The molecular formula is C24H40IN5O. The number of hydrogen-bond acceptors (Lipinski definition) is 3. The first kappa shape index (κ1) is 27.4. The molecule has 0 aliphatic heterocycles. The van der Waals surface area contributed by atoms with Gasteiger partial charge >= 0.3 is 0 Å². The van der Waals surface area contributed by atoms with Gasteiger partial charge in [-0.3, -0.25) is 9.67 Å². The second-order valence-electron chi connectivity index (χ2n) is 7.84. The number of aryl methyl sites for hydroxylation is 2. The van der Waals surface area contributed by atoms with Gasteiger partial charge in [-0.05, 0) is 64.5 Å².